The van der Waals surface area contributed by atoms with Crippen molar-refractivity contribution in [3.63, 3.8) is 0 Å². The summed E-state index contributed by atoms with van der Waals surface area (Å²) < 4.78 is 5.14. The smallest absolute Gasteiger partial charge is 0.243 e. The standard InChI is InChI=1S/C13H14N4O3/c1-20-11-4-8(5-14)2-3-9(11)17-13(19)10-6-16-12(18)7-15-10/h2-4,10,15H,6-7H2,1H3,(H,16,18)(H,17,19). The van der Waals surface area contributed by atoms with Crippen LogP contribution in [-0.2, 0) is 9.59 Å². The summed E-state index contributed by atoms with van der Waals surface area (Å²) in [6.07, 6.45) is 0. The molecule has 7 nitrogen and oxygen atoms in total. The van der Waals surface area contributed by atoms with Gasteiger partial charge in [-0.25, -0.2) is 0 Å². The summed E-state index contributed by atoms with van der Waals surface area (Å²) in [5.41, 5.74) is 0.929. The maximum Gasteiger partial charge on any atom is 0.243 e. The monoisotopic (exact) mass is 274 g/mol. The molecule has 1 aromatic carbocycles. The van der Waals surface area contributed by atoms with Crippen LogP contribution >= 0.6 is 0 Å². The van der Waals surface area contributed by atoms with Gasteiger partial charge in [0, 0.05) is 12.6 Å². The number of rotatable bonds is 3. The zero-order valence-corrected chi connectivity index (χ0v) is 10.9. The molecule has 1 fully saturated rings. The molecule has 2 rings (SSSR count). The first kappa shape index (κ1) is 13.8. The lowest BCUT2D eigenvalue weighted by atomic mass is 10.1. The van der Waals surface area contributed by atoms with Crippen molar-refractivity contribution in [2.24, 2.45) is 0 Å². The van der Waals surface area contributed by atoms with E-state index in [1.54, 1.807) is 18.2 Å². The highest BCUT2D eigenvalue weighted by atomic mass is 16.5. The minimum absolute atomic E-state index is 0.114. The molecule has 1 aliphatic heterocycles. The van der Waals surface area contributed by atoms with E-state index in [1.165, 1.54) is 7.11 Å². The van der Waals surface area contributed by atoms with E-state index in [-0.39, 0.29) is 24.9 Å². The lowest BCUT2D eigenvalue weighted by molar-refractivity contribution is -0.124. The fraction of sp³-hybridized carbons (Fsp3) is 0.308. The SMILES string of the molecule is COc1cc(C#N)ccc1NC(=O)C1CNC(=O)CN1. The highest BCUT2D eigenvalue weighted by molar-refractivity contribution is 5.97. The van der Waals surface area contributed by atoms with E-state index in [4.69, 9.17) is 10.00 Å². The molecule has 1 atom stereocenters. The van der Waals surface area contributed by atoms with Crippen LogP contribution in [0.25, 0.3) is 0 Å². The third kappa shape index (κ3) is 3.05. The van der Waals surface area contributed by atoms with Crippen LogP contribution in [0.5, 0.6) is 5.75 Å². The summed E-state index contributed by atoms with van der Waals surface area (Å²) in [5, 5.41) is 17.0. The highest BCUT2D eigenvalue weighted by Crippen LogP contribution is 2.25. The second-order valence-corrected chi connectivity index (χ2v) is 4.25. The molecule has 1 aromatic rings. The number of ether oxygens (including phenoxy) is 1. The first-order valence-electron chi connectivity index (χ1n) is 6.03. The molecule has 1 saturated heterocycles. The molecule has 0 spiro atoms. The molecule has 1 heterocycles. The van der Waals surface area contributed by atoms with E-state index in [1.807, 2.05) is 6.07 Å². The molecule has 3 N–H and O–H groups in total. The Morgan fingerprint density at radius 2 is 2.35 bits per heavy atom. The summed E-state index contributed by atoms with van der Waals surface area (Å²) in [4.78, 5) is 23.1. The van der Waals surface area contributed by atoms with E-state index < -0.39 is 6.04 Å². The first-order valence-corrected chi connectivity index (χ1v) is 6.03. The maximum absolute atomic E-state index is 12.1. The molecule has 0 bridgehead atoms. The van der Waals surface area contributed by atoms with E-state index in [0.717, 1.165) is 0 Å². The van der Waals surface area contributed by atoms with E-state index in [0.29, 0.717) is 17.0 Å². The van der Waals surface area contributed by atoms with Gasteiger partial charge in [-0.3, -0.25) is 14.9 Å². The summed E-state index contributed by atoms with van der Waals surface area (Å²) in [7, 11) is 1.46. The number of methoxy groups -OCH3 is 1. The van der Waals surface area contributed by atoms with Crippen LogP contribution in [0, 0.1) is 11.3 Å². The van der Waals surface area contributed by atoms with Crippen molar-refractivity contribution in [1.29, 1.82) is 5.26 Å². The van der Waals surface area contributed by atoms with Gasteiger partial charge in [0.25, 0.3) is 0 Å². The van der Waals surface area contributed by atoms with Gasteiger partial charge in [-0.1, -0.05) is 0 Å². The summed E-state index contributed by atoms with van der Waals surface area (Å²) >= 11 is 0. The fourth-order valence-corrected chi connectivity index (χ4v) is 1.84. The fourth-order valence-electron chi connectivity index (χ4n) is 1.84. The average Bonchev–Trinajstić information content (AvgIpc) is 2.48. The third-order valence-electron chi connectivity index (χ3n) is 2.92. The summed E-state index contributed by atoms with van der Waals surface area (Å²) in [5.74, 6) is 0.00950. The van der Waals surface area contributed by atoms with E-state index >= 15 is 0 Å². The molecule has 2 amide bonds. The number of hydrogen-bond donors (Lipinski definition) is 3. The van der Waals surface area contributed by atoms with Crippen LogP contribution in [0.15, 0.2) is 18.2 Å². The number of nitrogens with one attached hydrogen (secondary N) is 3. The number of carbonyl (C=O) groups is 2. The van der Waals surface area contributed by atoms with Gasteiger partial charge >= 0.3 is 0 Å². The van der Waals surface area contributed by atoms with Gasteiger partial charge in [0.15, 0.2) is 0 Å². The van der Waals surface area contributed by atoms with E-state index in [9.17, 15) is 9.59 Å². The predicted octanol–water partition coefficient (Wildman–Crippen LogP) is -0.407. The van der Waals surface area contributed by atoms with Crippen molar-refractivity contribution >= 4 is 17.5 Å². The lowest BCUT2D eigenvalue weighted by Crippen LogP contribution is -2.56. The molecule has 1 aliphatic rings. The Hall–Kier alpha value is -2.59. The Labute approximate surface area is 115 Å². The number of piperazine rings is 1. The predicted molar refractivity (Wildman–Crippen MR) is 71.1 cm³/mol. The number of carbonyl (C=O) groups excluding carboxylic acids is 2. The number of nitrogens with zero attached hydrogens (tertiary/aromatic N) is 1. The van der Waals surface area contributed by atoms with Gasteiger partial charge in [-0.05, 0) is 12.1 Å². The van der Waals surface area contributed by atoms with Crippen molar-refractivity contribution in [1.82, 2.24) is 10.6 Å². The number of hydrogen-bond acceptors (Lipinski definition) is 5. The number of amides is 2. The van der Waals surface area contributed by atoms with Gasteiger partial charge in [0.1, 0.15) is 11.8 Å². The van der Waals surface area contributed by atoms with Crippen molar-refractivity contribution in [2.75, 3.05) is 25.5 Å². The Balaban J connectivity index is 2.08. The van der Waals surface area contributed by atoms with Crippen molar-refractivity contribution in [2.45, 2.75) is 6.04 Å². The third-order valence-corrected chi connectivity index (χ3v) is 2.92. The van der Waals surface area contributed by atoms with Crippen LogP contribution in [0.4, 0.5) is 5.69 Å². The van der Waals surface area contributed by atoms with Gasteiger partial charge in [-0.15, -0.1) is 0 Å². The van der Waals surface area contributed by atoms with Crippen molar-refractivity contribution < 1.29 is 14.3 Å². The molecular weight excluding hydrogens is 260 g/mol. The molecular formula is C13H14N4O3. The van der Waals surface area contributed by atoms with Crippen LogP contribution in [0.1, 0.15) is 5.56 Å². The zero-order valence-electron chi connectivity index (χ0n) is 10.9. The first-order chi connectivity index (χ1) is 9.63. The summed E-state index contributed by atoms with van der Waals surface area (Å²) in [6.45, 7) is 0.353. The van der Waals surface area contributed by atoms with Crippen molar-refractivity contribution in [3.8, 4) is 11.8 Å². The Morgan fingerprint density at radius 3 is 2.95 bits per heavy atom. The number of anilines is 1. The van der Waals surface area contributed by atoms with Crippen LogP contribution in [0.2, 0.25) is 0 Å². The largest absolute Gasteiger partial charge is 0.495 e. The van der Waals surface area contributed by atoms with Crippen molar-refractivity contribution in [3.05, 3.63) is 23.8 Å². The number of nitriles is 1. The molecule has 0 saturated carbocycles. The van der Waals surface area contributed by atoms with Crippen LogP contribution < -0.4 is 20.7 Å². The lowest BCUT2D eigenvalue weighted by Gasteiger charge is -2.23. The van der Waals surface area contributed by atoms with Gasteiger partial charge in [0.2, 0.25) is 11.8 Å². The van der Waals surface area contributed by atoms with Crippen LogP contribution in [0.3, 0.4) is 0 Å². The molecule has 7 heteroatoms. The maximum atomic E-state index is 12.1. The number of benzene rings is 1. The van der Waals surface area contributed by atoms with E-state index in [2.05, 4.69) is 16.0 Å². The Morgan fingerprint density at radius 1 is 1.55 bits per heavy atom. The Bertz CT molecular complexity index is 569. The van der Waals surface area contributed by atoms with Gasteiger partial charge < -0.3 is 15.4 Å². The van der Waals surface area contributed by atoms with Crippen LogP contribution in [-0.4, -0.2) is 38.1 Å². The molecule has 104 valence electrons. The second kappa shape index (κ2) is 6.04. The molecule has 20 heavy (non-hydrogen) atoms. The Kier molecular flexibility index (Phi) is 4.17. The molecule has 0 aromatic heterocycles. The molecule has 0 aliphatic carbocycles. The highest BCUT2D eigenvalue weighted by Gasteiger charge is 2.24. The zero-order chi connectivity index (χ0) is 14.5. The quantitative estimate of drug-likeness (QED) is 0.695. The second-order valence-electron chi connectivity index (χ2n) is 4.25. The topological polar surface area (TPSA) is 103 Å². The van der Waals surface area contributed by atoms with Gasteiger partial charge in [-0.2, -0.15) is 5.26 Å². The molecule has 1 unspecified atom stereocenters. The normalized spacial score (nSPS) is 17.8. The van der Waals surface area contributed by atoms with Gasteiger partial charge in [0.05, 0.1) is 31.0 Å². The summed E-state index contributed by atoms with van der Waals surface area (Å²) in [6, 6.07) is 6.25. The molecule has 0 radical (unpaired) electrons. The minimum Gasteiger partial charge on any atom is -0.495 e. The minimum atomic E-state index is -0.493. The average molecular weight is 274 g/mol.